The van der Waals surface area contributed by atoms with Gasteiger partial charge in [-0.15, -0.1) is 0 Å². The molecular weight excluding hydrogens is 590 g/mol. The number of piperidine rings is 1. The molecule has 3 aliphatic rings. The molecule has 4 amide bonds. The monoisotopic (exact) mass is 633 g/mol. The summed E-state index contributed by atoms with van der Waals surface area (Å²) in [6.45, 7) is 8.48. The third-order valence-corrected chi connectivity index (χ3v) is 10.2. The van der Waals surface area contributed by atoms with Crippen LogP contribution in [-0.4, -0.2) is 123 Å². The summed E-state index contributed by atoms with van der Waals surface area (Å²) in [7, 11) is 2.04. The number of piperazine rings is 2. The van der Waals surface area contributed by atoms with Gasteiger partial charge in [0.15, 0.2) is 0 Å². The van der Waals surface area contributed by atoms with Gasteiger partial charge in [0, 0.05) is 119 Å². The highest BCUT2D eigenvalue weighted by atomic mass is 16.2. The van der Waals surface area contributed by atoms with Gasteiger partial charge in [-0.1, -0.05) is 36.4 Å². The topological polar surface area (TPSA) is 85.2 Å². The van der Waals surface area contributed by atoms with E-state index in [4.69, 9.17) is 4.98 Å². The van der Waals surface area contributed by atoms with Crippen molar-refractivity contribution in [3.8, 4) is 22.5 Å². The number of hydrogen-bond donors (Lipinski definition) is 0. The summed E-state index contributed by atoms with van der Waals surface area (Å²) in [6.07, 6.45) is 3.93. The lowest BCUT2D eigenvalue weighted by molar-refractivity contribution is -0.130. The Kier molecular flexibility index (Phi) is 8.68. The number of rotatable bonds is 4. The minimum absolute atomic E-state index is 0.0385. The molecule has 0 saturated carbocycles. The fourth-order valence-corrected chi connectivity index (χ4v) is 7.31. The molecule has 10 heteroatoms. The highest BCUT2D eigenvalue weighted by Crippen LogP contribution is 2.29. The summed E-state index contributed by atoms with van der Waals surface area (Å²) in [5.41, 5.74) is 5.37. The Morgan fingerprint density at radius 2 is 1.28 bits per heavy atom. The first kappa shape index (κ1) is 30.9. The number of likely N-dealkylation sites (tertiary alicyclic amines) is 1. The van der Waals surface area contributed by atoms with E-state index in [1.807, 2.05) is 64.2 Å². The molecule has 0 radical (unpaired) electrons. The minimum Gasteiger partial charge on any atom is -0.351 e. The van der Waals surface area contributed by atoms with Gasteiger partial charge in [-0.2, -0.15) is 0 Å². The first-order valence-electron chi connectivity index (χ1n) is 16.8. The summed E-state index contributed by atoms with van der Waals surface area (Å²) in [5, 5.41) is 1.14. The molecule has 3 saturated heterocycles. The third kappa shape index (κ3) is 6.47. The molecule has 5 heterocycles. The lowest BCUT2D eigenvalue weighted by Gasteiger charge is -2.44. The molecule has 0 bridgehead atoms. The average molecular weight is 634 g/mol. The van der Waals surface area contributed by atoms with E-state index in [0.717, 1.165) is 72.4 Å². The van der Waals surface area contributed by atoms with Crippen LogP contribution in [0, 0.1) is 0 Å². The lowest BCUT2D eigenvalue weighted by atomic mass is 10.0. The Bertz CT molecular complexity index is 1760. The maximum absolute atomic E-state index is 14.0. The van der Waals surface area contributed by atoms with Crippen LogP contribution in [0.4, 0.5) is 4.79 Å². The molecule has 244 valence electrons. The first-order valence-corrected chi connectivity index (χ1v) is 16.8. The van der Waals surface area contributed by atoms with Crippen LogP contribution < -0.4 is 0 Å². The second kappa shape index (κ2) is 13.2. The van der Waals surface area contributed by atoms with E-state index >= 15 is 0 Å². The number of hydrogen-bond acceptors (Lipinski definition) is 5. The van der Waals surface area contributed by atoms with Crippen molar-refractivity contribution >= 4 is 28.7 Å². The van der Waals surface area contributed by atoms with Crippen molar-refractivity contribution in [3.05, 3.63) is 78.5 Å². The van der Waals surface area contributed by atoms with Crippen LogP contribution in [0.5, 0.6) is 0 Å². The summed E-state index contributed by atoms with van der Waals surface area (Å²) < 4.78 is 2.10. The predicted molar refractivity (Wildman–Crippen MR) is 183 cm³/mol. The largest absolute Gasteiger partial charge is 0.351 e. The number of carbonyl (C=O) groups excluding carboxylic acids is 3. The van der Waals surface area contributed by atoms with Crippen LogP contribution in [-0.2, 0) is 11.8 Å². The van der Waals surface area contributed by atoms with Gasteiger partial charge in [0.25, 0.3) is 5.91 Å². The van der Waals surface area contributed by atoms with Crippen molar-refractivity contribution < 1.29 is 14.4 Å². The molecule has 2 aromatic carbocycles. The molecule has 0 N–H and O–H groups in total. The summed E-state index contributed by atoms with van der Waals surface area (Å²) in [6, 6.07) is 22.9. The molecule has 47 heavy (non-hydrogen) atoms. The van der Waals surface area contributed by atoms with Gasteiger partial charge >= 0.3 is 6.03 Å². The van der Waals surface area contributed by atoms with Gasteiger partial charge in [-0.3, -0.25) is 14.5 Å². The highest BCUT2D eigenvalue weighted by Gasteiger charge is 2.33. The van der Waals surface area contributed by atoms with Crippen LogP contribution in [0.3, 0.4) is 0 Å². The Morgan fingerprint density at radius 1 is 0.660 bits per heavy atom. The van der Waals surface area contributed by atoms with Gasteiger partial charge < -0.3 is 24.2 Å². The summed E-state index contributed by atoms with van der Waals surface area (Å²) in [4.78, 5) is 53.9. The molecule has 4 aromatic rings. The Labute approximate surface area is 276 Å². The van der Waals surface area contributed by atoms with Crippen molar-refractivity contribution in [1.82, 2.24) is 34.1 Å². The molecule has 10 nitrogen and oxygen atoms in total. The van der Waals surface area contributed by atoms with Crippen molar-refractivity contribution in [1.29, 1.82) is 0 Å². The molecule has 0 aliphatic carbocycles. The van der Waals surface area contributed by atoms with E-state index in [9.17, 15) is 14.4 Å². The van der Waals surface area contributed by atoms with Gasteiger partial charge in [0.2, 0.25) is 5.91 Å². The number of fused-ring (bicyclic) bond motifs is 1. The third-order valence-electron chi connectivity index (χ3n) is 10.2. The fourth-order valence-electron chi connectivity index (χ4n) is 7.31. The summed E-state index contributed by atoms with van der Waals surface area (Å²) >= 11 is 0. The maximum Gasteiger partial charge on any atom is 0.320 e. The standard InChI is InChI=1S/C37H43N7O3/c1-27(45)40-16-22-44(23-17-40)37(47)43-14-11-32(12-15-43)41-18-20-42(21-19-41)36(46)31-25-33(28-6-4-3-5-7-28)38-34(26-31)29-8-9-35-30(24-29)10-13-39(35)2/h3-10,13,24-26,32H,11-12,14-23H2,1-2H3. The molecule has 7 rings (SSSR count). The highest BCUT2D eigenvalue weighted by molar-refractivity contribution is 5.97. The Hall–Kier alpha value is -4.70. The van der Waals surface area contributed by atoms with Crippen LogP contribution in [0.1, 0.15) is 30.1 Å². The zero-order valence-corrected chi connectivity index (χ0v) is 27.3. The smallest absolute Gasteiger partial charge is 0.320 e. The van der Waals surface area contributed by atoms with Crippen LogP contribution in [0.15, 0.2) is 72.9 Å². The number of urea groups is 1. The number of carbonyl (C=O) groups is 3. The number of aryl methyl sites for hydroxylation is 1. The minimum atomic E-state index is 0.0385. The van der Waals surface area contributed by atoms with Crippen molar-refractivity contribution in [3.63, 3.8) is 0 Å². The van der Waals surface area contributed by atoms with Gasteiger partial charge in [0.05, 0.1) is 11.4 Å². The maximum atomic E-state index is 14.0. The van der Waals surface area contributed by atoms with E-state index in [1.165, 1.54) is 0 Å². The van der Waals surface area contributed by atoms with Crippen LogP contribution >= 0.6 is 0 Å². The van der Waals surface area contributed by atoms with Gasteiger partial charge in [-0.05, 0) is 43.2 Å². The Morgan fingerprint density at radius 3 is 1.96 bits per heavy atom. The SMILES string of the molecule is CC(=O)N1CCN(C(=O)N2CCC(N3CCN(C(=O)c4cc(-c5ccccc5)nc(-c5ccc6c(ccn6C)c5)c4)CC3)CC2)CC1. The molecule has 0 unspecified atom stereocenters. The summed E-state index contributed by atoms with van der Waals surface area (Å²) in [5.74, 6) is 0.111. The van der Waals surface area contributed by atoms with Crippen molar-refractivity contribution in [2.75, 3.05) is 65.4 Å². The predicted octanol–water partition coefficient (Wildman–Crippen LogP) is 4.41. The van der Waals surface area contributed by atoms with E-state index in [1.54, 1.807) is 11.8 Å². The lowest BCUT2D eigenvalue weighted by Crippen LogP contribution is -2.57. The second-order valence-electron chi connectivity index (χ2n) is 13.0. The number of benzene rings is 2. The first-order chi connectivity index (χ1) is 22.8. The van der Waals surface area contributed by atoms with Crippen molar-refractivity contribution in [2.24, 2.45) is 7.05 Å². The van der Waals surface area contributed by atoms with E-state index in [-0.39, 0.29) is 17.8 Å². The van der Waals surface area contributed by atoms with Crippen LogP contribution in [0.2, 0.25) is 0 Å². The van der Waals surface area contributed by atoms with E-state index < -0.39 is 0 Å². The number of pyridine rings is 1. The Balaban J connectivity index is 0.995. The zero-order chi connectivity index (χ0) is 32.5. The van der Waals surface area contributed by atoms with Crippen molar-refractivity contribution in [2.45, 2.75) is 25.8 Å². The van der Waals surface area contributed by atoms with E-state index in [2.05, 4.69) is 39.9 Å². The molecule has 3 aliphatic heterocycles. The molecular formula is C37H43N7O3. The van der Waals surface area contributed by atoms with Gasteiger partial charge in [-0.25, -0.2) is 9.78 Å². The number of aromatic nitrogens is 2. The molecule has 0 atom stereocenters. The molecule has 2 aromatic heterocycles. The average Bonchev–Trinajstić information content (AvgIpc) is 3.51. The number of amides is 4. The fraction of sp³-hybridized carbons (Fsp3) is 0.405. The quantitative estimate of drug-likeness (QED) is 0.333. The second-order valence-corrected chi connectivity index (χ2v) is 13.0. The molecule has 0 spiro atoms. The normalized spacial score (nSPS) is 18.2. The van der Waals surface area contributed by atoms with Crippen LogP contribution in [0.25, 0.3) is 33.4 Å². The van der Waals surface area contributed by atoms with E-state index in [0.29, 0.717) is 50.9 Å². The molecule has 3 fully saturated rings. The zero-order valence-electron chi connectivity index (χ0n) is 27.3. The number of nitrogens with zero attached hydrogens (tertiary/aromatic N) is 7. The van der Waals surface area contributed by atoms with Gasteiger partial charge in [0.1, 0.15) is 0 Å².